The van der Waals surface area contributed by atoms with Crippen LogP contribution in [0.15, 0.2) is 67.9 Å². The van der Waals surface area contributed by atoms with Gasteiger partial charge in [0.2, 0.25) is 0 Å². The second-order valence-corrected chi connectivity index (χ2v) is 11.3. The first-order chi connectivity index (χ1) is 22.7. The quantitative estimate of drug-likeness (QED) is 0.284. The number of nitrogens with one attached hydrogen (secondary N) is 1. The Morgan fingerprint density at radius 3 is 2.34 bits per heavy atom. The molecule has 4 aromatic rings. The van der Waals surface area contributed by atoms with Crippen LogP contribution in [-0.2, 0) is 6.18 Å². The Morgan fingerprint density at radius 1 is 1.04 bits per heavy atom. The number of carbonyl (C=O) groups is 1. The summed E-state index contributed by atoms with van der Waals surface area (Å²) in [5.41, 5.74) is 1.49. The summed E-state index contributed by atoms with van der Waals surface area (Å²) in [6, 6.07) is 14.5. The topological polar surface area (TPSA) is 98.5 Å². The van der Waals surface area contributed by atoms with Crippen molar-refractivity contribution in [1.29, 1.82) is 0 Å². The van der Waals surface area contributed by atoms with E-state index < -0.39 is 17.8 Å². The van der Waals surface area contributed by atoms with Crippen LogP contribution in [0.2, 0.25) is 0 Å². The molecule has 2 fully saturated rings. The van der Waals surface area contributed by atoms with Crippen molar-refractivity contribution in [2.45, 2.75) is 19.1 Å². The minimum atomic E-state index is -4.73. The fraction of sp³-hybridized carbons (Fsp3) is 0.382. The molecule has 13 heteroatoms. The van der Waals surface area contributed by atoms with E-state index in [9.17, 15) is 23.1 Å². The van der Waals surface area contributed by atoms with Gasteiger partial charge in [-0.15, -0.1) is 13.2 Å². The fourth-order valence-corrected chi connectivity index (χ4v) is 6.28. The van der Waals surface area contributed by atoms with Crippen molar-refractivity contribution in [3.8, 4) is 17.0 Å². The molecule has 0 radical (unpaired) electrons. The number of aliphatic hydroxyl groups excluding tert-OH is 1. The second kappa shape index (κ2) is 14.5. The van der Waals surface area contributed by atoms with Gasteiger partial charge in [0, 0.05) is 69.2 Å². The van der Waals surface area contributed by atoms with Crippen molar-refractivity contribution in [3.05, 3.63) is 90.3 Å². The zero-order chi connectivity index (χ0) is 33.7. The van der Waals surface area contributed by atoms with Crippen molar-refractivity contribution in [1.82, 2.24) is 29.7 Å². The van der Waals surface area contributed by atoms with Gasteiger partial charge in [-0.3, -0.25) is 9.69 Å². The Labute approximate surface area is 272 Å². The van der Waals surface area contributed by atoms with Crippen LogP contribution in [0.4, 0.5) is 18.9 Å². The van der Waals surface area contributed by atoms with Gasteiger partial charge in [0.25, 0.3) is 5.91 Å². The molecule has 2 aromatic carbocycles. The molecule has 0 bridgehead atoms. The first-order valence-corrected chi connectivity index (χ1v) is 15.5. The molecular weight excluding hydrogens is 611 g/mol. The monoisotopic (exact) mass is 651 g/mol. The lowest BCUT2D eigenvalue weighted by Gasteiger charge is -2.39. The minimum absolute atomic E-state index is 0.00569. The number of halogens is 3. The number of amides is 1. The van der Waals surface area contributed by atoms with Gasteiger partial charge < -0.3 is 25.0 Å². The predicted octanol–water partition coefficient (Wildman–Crippen LogP) is 4.44. The standard InChI is InChI=1S/C32H36F3N7O3.C2H4/c1-21-28(22-6-8-25(45-2)9-7-22)38-30-26(19-37-42(30)29(21)32(33,34)35)31(44)41-16-14-40(15-17-41)27(20-43)23-4-3-5-24(18-23)39-12-10-36-11-13-39;1-2/h3-9,18-19,27,36,43H,10-17,20H2,1-2H3;1-2H2/t27-;/m1./s1. The van der Waals surface area contributed by atoms with Crippen LogP contribution >= 0.6 is 0 Å². The van der Waals surface area contributed by atoms with Gasteiger partial charge in [-0.1, -0.05) is 12.1 Å². The van der Waals surface area contributed by atoms with Crippen molar-refractivity contribution in [2.75, 3.05) is 71.0 Å². The number of rotatable bonds is 7. The first-order valence-electron chi connectivity index (χ1n) is 15.5. The number of hydrogen-bond acceptors (Lipinski definition) is 8. The molecule has 0 saturated carbocycles. The first kappa shape index (κ1) is 33.9. The average molecular weight is 652 g/mol. The number of benzene rings is 2. The van der Waals surface area contributed by atoms with E-state index in [4.69, 9.17) is 4.74 Å². The Kier molecular flexibility index (Phi) is 10.5. The highest BCUT2D eigenvalue weighted by Gasteiger charge is 2.39. The van der Waals surface area contributed by atoms with E-state index in [1.54, 1.807) is 29.2 Å². The number of methoxy groups -OCH3 is 1. The molecule has 2 N–H and O–H groups in total. The van der Waals surface area contributed by atoms with Gasteiger partial charge in [0.1, 0.15) is 11.3 Å². The summed E-state index contributed by atoms with van der Waals surface area (Å²) in [6.07, 6.45) is -3.56. The van der Waals surface area contributed by atoms with E-state index in [0.29, 0.717) is 37.5 Å². The predicted molar refractivity (Wildman–Crippen MR) is 175 cm³/mol. The van der Waals surface area contributed by atoms with Crippen LogP contribution in [0, 0.1) is 6.92 Å². The molecule has 2 saturated heterocycles. The van der Waals surface area contributed by atoms with Crippen molar-refractivity contribution in [2.24, 2.45) is 0 Å². The maximum Gasteiger partial charge on any atom is 0.433 e. The van der Waals surface area contributed by atoms with Crippen molar-refractivity contribution >= 4 is 17.2 Å². The molecule has 1 amide bonds. The summed E-state index contributed by atoms with van der Waals surface area (Å²) in [5.74, 6) is 0.125. The van der Waals surface area contributed by atoms with E-state index in [1.165, 1.54) is 20.2 Å². The molecule has 1 atom stereocenters. The third-order valence-electron chi connectivity index (χ3n) is 8.70. The third-order valence-corrected chi connectivity index (χ3v) is 8.70. The molecule has 10 nitrogen and oxygen atoms in total. The van der Waals surface area contributed by atoms with Gasteiger partial charge in [-0.25, -0.2) is 9.50 Å². The minimum Gasteiger partial charge on any atom is -0.497 e. The number of hydrogen-bond donors (Lipinski definition) is 2. The molecule has 2 aliphatic rings. The highest BCUT2D eigenvalue weighted by molar-refractivity contribution is 6.00. The SMILES string of the molecule is C=C.COc1ccc(-c2nc3c(C(=O)N4CCN([C@H](CO)c5cccc(N6CCNCC6)c5)CC4)cnn3c(C(F)(F)F)c2C)cc1. The summed E-state index contributed by atoms with van der Waals surface area (Å²) in [7, 11) is 1.51. The maximum absolute atomic E-state index is 14.3. The van der Waals surface area contributed by atoms with E-state index in [1.807, 2.05) is 12.1 Å². The van der Waals surface area contributed by atoms with Gasteiger partial charge in [0.05, 0.1) is 31.6 Å². The number of ether oxygens (including phenoxy) is 1. The van der Waals surface area contributed by atoms with E-state index in [2.05, 4.69) is 50.5 Å². The van der Waals surface area contributed by atoms with Crippen LogP contribution in [0.5, 0.6) is 5.75 Å². The summed E-state index contributed by atoms with van der Waals surface area (Å²) >= 11 is 0. The zero-order valence-corrected chi connectivity index (χ0v) is 26.6. The molecule has 4 heterocycles. The van der Waals surface area contributed by atoms with Crippen LogP contribution in [0.1, 0.15) is 33.2 Å². The number of anilines is 1. The number of alkyl halides is 3. The van der Waals surface area contributed by atoms with E-state index in [0.717, 1.165) is 41.9 Å². The largest absolute Gasteiger partial charge is 0.497 e. The molecule has 2 aliphatic heterocycles. The Morgan fingerprint density at radius 2 is 1.72 bits per heavy atom. The van der Waals surface area contributed by atoms with Gasteiger partial charge >= 0.3 is 6.18 Å². The molecule has 0 spiro atoms. The average Bonchev–Trinajstić information content (AvgIpc) is 3.52. The number of piperazine rings is 2. The van der Waals surface area contributed by atoms with Crippen LogP contribution in [-0.4, -0.2) is 101 Å². The zero-order valence-electron chi connectivity index (χ0n) is 26.6. The second-order valence-electron chi connectivity index (χ2n) is 11.3. The van der Waals surface area contributed by atoms with Gasteiger partial charge in [0.15, 0.2) is 11.3 Å². The fourth-order valence-electron chi connectivity index (χ4n) is 6.28. The number of aliphatic hydroxyl groups is 1. The molecule has 6 rings (SSSR count). The van der Waals surface area contributed by atoms with E-state index >= 15 is 0 Å². The smallest absolute Gasteiger partial charge is 0.433 e. The third kappa shape index (κ3) is 6.97. The normalized spacial score (nSPS) is 16.5. The summed E-state index contributed by atoms with van der Waals surface area (Å²) in [5, 5.41) is 17.7. The molecule has 47 heavy (non-hydrogen) atoms. The van der Waals surface area contributed by atoms with Crippen LogP contribution in [0.3, 0.4) is 0 Å². The van der Waals surface area contributed by atoms with Gasteiger partial charge in [-0.2, -0.15) is 18.3 Å². The lowest BCUT2D eigenvalue weighted by Crippen LogP contribution is -2.50. The number of fused-ring (bicyclic) bond motifs is 1. The number of aromatic nitrogens is 3. The van der Waals surface area contributed by atoms with E-state index in [-0.39, 0.29) is 35.1 Å². The maximum atomic E-state index is 14.3. The molecular formula is C34H40F3N7O3. The van der Waals surface area contributed by atoms with Crippen molar-refractivity contribution in [3.63, 3.8) is 0 Å². The number of carbonyl (C=O) groups excluding carboxylic acids is 1. The highest BCUT2D eigenvalue weighted by Crippen LogP contribution is 2.37. The summed E-state index contributed by atoms with van der Waals surface area (Å²) in [6.45, 7) is 12.6. The molecule has 2 aromatic heterocycles. The lowest BCUT2D eigenvalue weighted by molar-refractivity contribution is -0.143. The van der Waals surface area contributed by atoms with Crippen LogP contribution in [0.25, 0.3) is 16.9 Å². The van der Waals surface area contributed by atoms with Crippen LogP contribution < -0.4 is 15.0 Å². The molecule has 250 valence electrons. The Bertz CT molecular complexity index is 1680. The molecule has 0 aliphatic carbocycles. The Hall–Kier alpha value is -4.46. The lowest BCUT2D eigenvalue weighted by atomic mass is 10.0. The number of nitrogens with zero attached hydrogens (tertiary/aromatic N) is 6. The van der Waals surface area contributed by atoms with Gasteiger partial charge in [-0.05, 0) is 48.9 Å². The molecule has 0 unspecified atom stereocenters. The van der Waals surface area contributed by atoms with Crippen molar-refractivity contribution < 1.29 is 27.8 Å². The Balaban J connectivity index is 0.00000213. The highest BCUT2D eigenvalue weighted by atomic mass is 19.4. The summed E-state index contributed by atoms with van der Waals surface area (Å²) in [4.78, 5) is 24.4. The summed E-state index contributed by atoms with van der Waals surface area (Å²) < 4.78 is 48.9.